The van der Waals surface area contributed by atoms with Crippen molar-refractivity contribution in [2.24, 2.45) is 0 Å². The van der Waals surface area contributed by atoms with Crippen LogP contribution in [0.15, 0.2) is 0 Å². The molecule has 1 fully saturated rings. The van der Waals surface area contributed by atoms with Crippen molar-refractivity contribution in [2.45, 2.75) is 18.5 Å². The summed E-state index contributed by atoms with van der Waals surface area (Å²) in [5.74, 6) is 0. The maximum absolute atomic E-state index is 12.3. The molecule has 0 spiro atoms. The highest BCUT2D eigenvalue weighted by Crippen LogP contribution is 2.36. The van der Waals surface area contributed by atoms with Crippen LogP contribution in [0.2, 0.25) is 0 Å². The van der Waals surface area contributed by atoms with Gasteiger partial charge in [-0.2, -0.15) is 26.3 Å². The Bertz CT molecular complexity index is 385. The van der Waals surface area contributed by atoms with E-state index in [1.165, 1.54) is 4.90 Å². The molecule has 134 valence electrons. The monoisotopic (exact) mass is 354 g/mol. The molecule has 0 radical (unpaired) electrons. The molecular weight excluding hydrogens is 341 g/mol. The number of alkyl halides is 6. The number of carbonyl (C=O) groups excluding carboxylic acids is 1. The Morgan fingerprint density at radius 3 is 1.91 bits per heavy atom. The lowest BCUT2D eigenvalue weighted by Crippen LogP contribution is -2.53. The van der Waals surface area contributed by atoms with Crippen LogP contribution in [0.1, 0.15) is 0 Å². The fraction of sp³-hybridized carbons (Fsp3) is 0.889. The summed E-state index contributed by atoms with van der Waals surface area (Å²) in [4.78, 5) is 13.6. The van der Waals surface area contributed by atoms with E-state index in [1.807, 2.05) is 0 Å². The van der Waals surface area contributed by atoms with Crippen LogP contribution in [0.3, 0.4) is 0 Å². The lowest BCUT2D eigenvalue weighted by atomic mass is 10.3. The van der Waals surface area contributed by atoms with E-state index in [4.69, 9.17) is 10.0 Å². The SMILES string of the molecule is O=C(OC(C(F)(F)F)C(F)(F)F)N1CCN(COB(O)O)CC1. The van der Waals surface area contributed by atoms with E-state index >= 15 is 0 Å². The summed E-state index contributed by atoms with van der Waals surface area (Å²) in [5, 5.41) is 17.0. The Balaban J connectivity index is 2.53. The second-order valence-corrected chi connectivity index (χ2v) is 4.57. The van der Waals surface area contributed by atoms with Gasteiger partial charge in [0, 0.05) is 26.2 Å². The second-order valence-electron chi connectivity index (χ2n) is 4.57. The lowest BCUT2D eigenvalue weighted by Gasteiger charge is -2.34. The minimum Gasteiger partial charge on any atom is -0.426 e. The molecule has 1 saturated heterocycles. The third kappa shape index (κ3) is 6.41. The van der Waals surface area contributed by atoms with Crippen molar-refractivity contribution >= 4 is 13.4 Å². The lowest BCUT2D eigenvalue weighted by molar-refractivity contribution is -0.308. The molecule has 0 bridgehead atoms. The van der Waals surface area contributed by atoms with Gasteiger partial charge in [0.25, 0.3) is 6.10 Å². The molecule has 1 amide bonds. The van der Waals surface area contributed by atoms with E-state index in [9.17, 15) is 31.1 Å². The number of rotatable bonds is 4. The van der Waals surface area contributed by atoms with E-state index < -0.39 is 31.9 Å². The molecule has 1 heterocycles. The van der Waals surface area contributed by atoms with Crippen molar-refractivity contribution in [1.82, 2.24) is 9.80 Å². The van der Waals surface area contributed by atoms with E-state index in [0.29, 0.717) is 4.90 Å². The number of carbonyl (C=O) groups is 1. The Hall–Kier alpha value is -1.25. The molecule has 0 aromatic carbocycles. The van der Waals surface area contributed by atoms with Gasteiger partial charge in [0.2, 0.25) is 0 Å². The molecule has 0 aromatic rings. The number of nitrogens with zero attached hydrogens (tertiary/aromatic N) is 2. The summed E-state index contributed by atoms with van der Waals surface area (Å²) in [6, 6.07) is 0. The van der Waals surface area contributed by atoms with Crippen molar-refractivity contribution in [3.8, 4) is 0 Å². The van der Waals surface area contributed by atoms with Gasteiger partial charge in [-0.25, -0.2) is 4.79 Å². The van der Waals surface area contributed by atoms with Crippen LogP contribution in [-0.2, 0) is 9.39 Å². The Morgan fingerprint density at radius 1 is 1.04 bits per heavy atom. The van der Waals surface area contributed by atoms with Crippen molar-refractivity contribution in [1.29, 1.82) is 0 Å². The molecule has 7 nitrogen and oxygen atoms in total. The second kappa shape index (κ2) is 7.55. The van der Waals surface area contributed by atoms with Gasteiger partial charge in [-0.15, -0.1) is 0 Å². The van der Waals surface area contributed by atoms with Crippen LogP contribution in [-0.4, -0.2) is 84.6 Å². The van der Waals surface area contributed by atoms with Crippen LogP contribution in [0.5, 0.6) is 0 Å². The van der Waals surface area contributed by atoms with E-state index in [-0.39, 0.29) is 32.9 Å². The van der Waals surface area contributed by atoms with Gasteiger partial charge in [0.1, 0.15) is 0 Å². The van der Waals surface area contributed by atoms with E-state index in [0.717, 1.165) is 0 Å². The predicted octanol–water partition coefficient (Wildman–Crippen LogP) is 0.177. The topological polar surface area (TPSA) is 82.5 Å². The van der Waals surface area contributed by atoms with E-state index in [2.05, 4.69) is 9.39 Å². The van der Waals surface area contributed by atoms with Gasteiger partial charge < -0.3 is 24.3 Å². The largest absolute Gasteiger partial charge is 0.634 e. The molecule has 2 N–H and O–H groups in total. The van der Waals surface area contributed by atoms with Crippen LogP contribution in [0.25, 0.3) is 0 Å². The van der Waals surface area contributed by atoms with Gasteiger partial charge in [0.05, 0.1) is 6.73 Å². The maximum Gasteiger partial charge on any atom is 0.634 e. The number of amides is 1. The average molecular weight is 354 g/mol. The molecular formula is C9H13BF6N2O5. The number of halogens is 6. The maximum atomic E-state index is 12.3. The smallest absolute Gasteiger partial charge is 0.426 e. The molecule has 0 saturated carbocycles. The van der Waals surface area contributed by atoms with Gasteiger partial charge in [-0.3, -0.25) is 4.90 Å². The third-order valence-corrected chi connectivity index (χ3v) is 2.85. The van der Waals surface area contributed by atoms with Crippen molar-refractivity contribution < 1.29 is 50.6 Å². The number of hydrogen-bond donors (Lipinski definition) is 2. The summed E-state index contributed by atoms with van der Waals surface area (Å²) in [6.07, 6.45) is -17.4. The summed E-state index contributed by atoms with van der Waals surface area (Å²) in [5.41, 5.74) is 0. The van der Waals surface area contributed by atoms with Gasteiger partial charge >= 0.3 is 25.8 Å². The zero-order valence-corrected chi connectivity index (χ0v) is 11.5. The first-order valence-corrected chi connectivity index (χ1v) is 6.20. The van der Waals surface area contributed by atoms with Crippen molar-refractivity contribution in [3.63, 3.8) is 0 Å². The number of hydrogen-bond acceptors (Lipinski definition) is 6. The third-order valence-electron chi connectivity index (χ3n) is 2.85. The van der Waals surface area contributed by atoms with Gasteiger partial charge in [-0.05, 0) is 0 Å². The number of ether oxygens (including phenoxy) is 1. The van der Waals surface area contributed by atoms with Crippen molar-refractivity contribution in [3.05, 3.63) is 0 Å². The van der Waals surface area contributed by atoms with Crippen LogP contribution >= 0.6 is 0 Å². The standard InChI is InChI=1S/C9H13BF6N2O5/c11-8(12,13)6(9(14,15)16)23-7(19)18-3-1-17(2-4-18)5-22-10(20)21/h6,20-21H,1-5H2. The summed E-state index contributed by atoms with van der Waals surface area (Å²) < 4.78 is 81.8. The van der Waals surface area contributed by atoms with Crippen LogP contribution in [0, 0.1) is 0 Å². The van der Waals surface area contributed by atoms with Gasteiger partial charge in [-0.1, -0.05) is 0 Å². The molecule has 0 atom stereocenters. The fourth-order valence-electron chi connectivity index (χ4n) is 1.73. The normalized spacial score (nSPS) is 17.5. The highest BCUT2D eigenvalue weighted by molar-refractivity contribution is 6.32. The molecule has 23 heavy (non-hydrogen) atoms. The zero-order chi connectivity index (χ0) is 17.8. The first kappa shape index (κ1) is 19.8. The molecule has 0 aromatic heterocycles. The molecule has 14 heteroatoms. The minimum absolute atomic E-state index is 0.0462. The molecule has 1 aliphatic heterocycles. The Labute approximate surface area is 126 Å². The highest BCUT2D eigenvalue weighted by Gasteiger charge is 2.60. The number of piperazine rings is 1. The zero-order valence-electron chi connectivity index (χ0n) is 11.5. The molecule has 0 aliphatic carbocycles. The summed E-state index contributed by atoms with van der Waals surface area (Å²) in [6.45, 7) is -0.540. The Morgan fingerprint density at radius 2 is 1.52 bits per heavy atom. The fourth-order valence-corrected chi connectivity index (χ4v) is 1.73. The van der Waals surface area contributed by atoms with Crippen LogP contribution < -0.4 is 0 Å². The molecule has 1 aliphatic rings. The quantitative estimate of drug-likeness (QED) is 0.554. The highest BCUT2D eigenvalue weighted by atomic mass is 19.4. The van der Waals surface area contributed by atoms with E-state index in [1.54, 1.807) is 0 Å². The summed E-state index contributed by atoms with van der Waals surface area (Å²) >= 11 is 0. The van der Waals surface area contributed by atoms with Gasteiger partial charge in [0.15, 0.2) is 0 Å². The Kier molecular flexibility index (Phi) is 6.50. The minimum atomic E-state index is -5.76. The predicted molar refractivity (Wildman–Crippen MR) is 61.7 cm³/mol. The summed E-state index contributed by atoms with van der Waals surface area (Å²) in [7, 11) is -2.02. The first-order valence-electron chi connectivity index (χ1n) is 6.20. The molecule has 1 rings (SSSR count). The average Bonchev–Trinajstić information content (AvgIpc) is 2.40. The van der Waals surface area contributed by atoms with Crippen molar-refractivity contribution in [2.75, 3.05) is 32.9 Å². The molecule has 0 unspecified atom stereocenters. The first-order chi connectivity index (χ1) is 10.4. The van der Waals surface area contributed by atoms with Crippen LogP contribution in [0.4, 0.5) is 31.1 Å².